The normalized spacial score (nSPS) is 11.4. The molecule has 0 radical (unpaired) electrons. The van der Waals surface area contributed by atoms with Gasteiger partial charge in [-0.25, -0.2) is 15.0 Å². The first kappa shape index (κ1) is 17.2. The highest BCUT2D eigenvalue weighted by molar-refractivity contribution is 7.98. The molecular weight excluding hydrogens is 362 g/mol. The standard InChI is InChI=1S/C20H19N3OS2/c1-11-13(3)26-20-17(11)19(21-14(4)22-20)25-10-16-12(2)24-18(23-16)15-8-6-5-7-9-15/h5-9H,10H2,1-4H3. The molecule has 1 aromatic carbocycles. The zero-order valence-electron chi connectivity index (χ0n) is 15.2. The number of aromatic nitrogens is 3. The minimum atomic E-state index is 0.672. The lowest BCUT2D eigenvalue weighted by Crippen LogP contribution is -1.93. The van der Waals surface area contributed by atoms with Crippen molar-refractivity contribution in [1.29, 1.82) is 0 Å². The van der Waals surface area contributed by atoms with Crippen molar-refractivity contribution in [3.8, 4) is 11.5 Å². The molecule has 3 heterocycles. The van der Waals surface area contributed by atoms with Gasteiger partial charge in [0.1, 0.15) is 21.4 Å². The van der Waals surface area contributed by atoms with E-state index in [4.69, 9.17) is 9.40 Å². The number of thioether (sulfide) groups is 1. The highest BCUT2D eigenvalue weighted by atomic mass is 32.2. The first-order valence-corrected chi connectivity index (χ1v) is 10.2. The average molecular weight is 382 g/mol. The maximum atomic E-state index is 5.87. The number of nitrogens with zero attached hydrogens (tertiary/aromatic N) is 3. The van der Waals surface area contributed by atoms with Gasteiger partial charge in [-0.05, 0) is 45.4 Å². The molecule has 0 spiro atoms. The zero-order chi connectivity index (χ0) is 18.3. The van der Waals surface area contributed by atoms with E-state index in [1.165, 1.54) is 15.8 Å². The van der Waals surface area contributed by atoms with Gasteiger partial charge >= 0.3 is 0 Å². The lowest BCUT2D eigenvalue weighted by molar-refractivity contribution is 0.540. The summed E-state index contributed by atoms with van der Waals surface area (Å²) < 4.78 is 5.87. The first-order chi connectivity index (χ1) is 12.5. The van der Waals surface area contributed by atoms with E-state index in [1.807, 2.05) is 44.2 Å². The third-order valence-corrected chi connectivity index (χ3v) is 6.45. The Hall–Kier alpha value is -2.18. The Morgan fingerprint density at radius 3 is 2.54 bits per heavy atom. The van der Waals surface area contributed by atoms with Gasteiger partial charge in [-0.3, -0.25) is 0 Å². The summed E-state index contributed by atoms with van der Waals surface area (Å²) in [7, 11) is 0. The Balaban J connectivity index is 1.64. The third kappa shape index (κ3) is 3.15. The number of benzene rings is 1. The summed E-state index contributed by atoms with van der Waals surface area (Å²) in [6.45, 7) is 8.20. The van der Waals surface area contributed by atoms with E-state index in [0.717, 1.165) is 38.5 Å². The number of hydrogen-bond donors (Lipinski definition) is 0. The molecule has 3 aromatic heterocycles. The SMILES string of the molecule is Cc1nc(SCc2nc(-c3ccccc3)oc2C)c2c(C)c(C)sc2n1. The summed E-state index contributed by atoms with van der Waals surface area (Å²) in [6.07, 6.45) is 0. The average Bonchev–Trinajstić information content (AvgIpc) is 3.13. The molecule has 0 saturated carbocycles. The third-order valence-electron chi connectivity index (χ3n) is 4.37. The summed E-state index contributed by atoms with van der Waals surface area (Å²) in [5, 5.41) is 2.20. The van der Waals surface area contributed by atoms with Gasteiger partial charge < -0.3 is 4.42 Å². The molecular formula is C20H19N3OS2. The van der Waals surface area contributed by atoms with Crippen LogP contribution in [0.25, 0.3) is 21.7 Å². The molecule has 0 aliphatic heterocycles. The molecule has 0 saturated heterocycles. The summed E-state index contributed by atoms with van der Waals surface area (Å²) in [5.74, 6) is 3.06. The van der Waals surface area contributed by atoms with Gasteiger partial charge in [0.2, 0.25) is 5.89 Å². The molecule has 0 unspecified atom stereocenters. The van der Waals surface area contributed by atoms with Gasteiger partial charge in [-0.2, -0.15) is 0 Å². The van der Waals surface area contributed by atoms with Crippen LogP contribution in [0.3, 0.4) is 0 Å². The molecule has 4 nitrogen and oxygen atoms in total. The van der Waals surface area contributed by atoms with Crippen molar-refractivity contribution >= 4 is 33.3 Å². The van der Waals surface area contributed by atoms with E-state index < -0.39 is 0 Å². The number of aryl methyl sites for hydroxylation is 4. The van der Waals surface area contributed by atoms with E-state index in [9.17, 15) is 0 Å². The Morgan fingerprint density at radius 1 is 1.00 bits per heavy atom. The van der Waals surface area contributed by atoms with Crippen molar-refractivity contribution in [1.82, 2.24) is 15.0 Å². The molecule has 0 amide bonds. The largest absolute Gasteiger partial charge is 0.441 e. The second-order valence-corrected chi connectivity index (χ2v) is 8.38. The summed E-state index contributed by atoms with van der Waals surface area (Å²) in [6, 6.07) is 9.99. The van der Waals surface area contributed by atoms with Crippen LogP contribution in [0.5, 0.6) is 0 Å². The fourth-order valence-corrected chi connectivity index (χ4v) is 5.09. The number of rotatable bonds is 4. The van der Waals surface area contributed by atoms with Gasteiger partial charge in [0.15, 0.2) is 0 Å². The smallest absolute Gasteiger partial charge is 0.226 e. The van der Waals surface area contributed by atoms with E-state index in [0.29, 0.717) is 5.89 Å². The number of oxazole rings is 1. The lowest BCUT2D eigenvalue weighted by Gasteiger charge is -2.04. The molecule has 6 heteroatoms. The molecule has 0 atom stereocenters. The van der Waals surface area contributed by atoms with Crippen LogP contribution in [-0.2, 0) is 5.75 Å². The highest BCUT2D eigenvalue weighted by Crippen LogP contribution is 2.36. The maximum Gasteiger partial charge on any atom is 0.226 e. The van der Waals surface area contributed by atoms with Crippen LogP contribution in [-0.4, -0.2) is 15.0 Å². The summed E-state index contributed by atoms with van der Waals surface area (Å²) in [4.78, 5) is 16.3. The fourth-order valence-electron chi connectivity index (χ4n) is 2.82. The highest BCUT2D eigenvalue weighted by Gasteiger charge is 2.16. The fraction of sp³-hybridized carbons (Fsp3) is 0.250. The van der Waals surface area contributed by atoms with Gasteiger partial charge in [-0.1, -0.05) is 30.0 Å². The summed E-state index contributed by atoms with van der Waals surface area (Å²) in [5.41, 5.74) is 3.23. The Morgan fingerprint density at radius 2 is 1.77 bits per heavy atom. The monoisotopic (exact) mass is 381 g/mol. The van der Waals surface area contributed by atoms with E-state index >= 15 is 0 Å². The van der Waals surface area contributed by atoms with Crippen LogP contribution in [0, 0.1) is 27.7 Å². The Kier molecular flexibility index (Phi) is 4.54. The topological polar surface area (TPSA) is 51.8 Å². The predicted molar refractivity (Wildman–Crippen MR) is 108 cm³/mol. The molecule has 4 rings (SSSR count). The van der Waals surface area contributed by atoms with Crippen LogP contribution < -0.4 is 0 Å². The van der Waals surface area contributed by atoms with Crippen LogP contribution in [0.2, 0.25) is 0 Å². The molecule has 4 aromatic rings. The zero-order valence-corrected chi connectivity index (χ0v) is 16.8. The van der Waals surface area contributed by atoms with Crippen molar-refractivity contribution in [3.05, 3.63) is 58.1 Å². The van der Waals surface area contributed by atoms with Crippen LogP contribution in [0.15, 0.2) is 39.8 Å². The van der Waals surface area contributed by atoms with Crippen molar-refractivity contribution in [3.63, 3.8) is 0 Å². The molecule has 0 aliphatic rings. The van der Waals surface area contributed by atoms with Crippen LogP contribution >= 0.6 is 23.1 Å². The molecule has 0 fully saturated rings. The summed E-state index contributed by atoms with van der Waals surface area (Å²) >= 11 is 3.44. The van der Waals surface area contributed by atoms with Gasteiger partial charge in [0.05, 0.1) is 5.69 Å². The molecule has 132 valence electrons. The lowest BCUT2D eigenvalue weighted by atomic mass is 10.2. The molecule has 0 bridgehead atoms. The quantitative estimate of drug-likeness (QED) is 0.327. The Labute approximate surface area is 160 Å². The minimum Gasteiger partial charge on any atom is -0.441 e. The van der Waals surface area contributed by atoms with Crippen molar-refractivity contribution in [2.45, 2.75) is 38.5 Å². The van der Waals surface area contributed by atoms with Crippen molar-refractivity contribution < 1.29 is 4.42 Å². The van der Waals surface area contributed by atoms with E-state index in [1.54, 1.807) is 23.1 Å². The van der Waals surface area contributed by atoms with Gasteiger partial charge in [-0.15, -0.1) is 11.3 Å². The first-order valence-electron chi connectivity index (χ1n) is 8.42. The molecule has 0 N–H and O–H groups in total. The molecule has 26 heavy (non-hydrogen) atoms. The second-order valence-electron chi connectivity index (χ2n) is 6.22. The second kappa shape index (κ2) is 6.85. The predicted octanol–water partition coefficient (Wildman–Crippen LogP) is 5.87. The van der Waals surface area contributed by atoms with E-state index in [-0.39, 0.29) is 0 Å². The number of thiophene rings is 1. The number of fused-ring (bicyclic) bond motifs is 1. The van der Waals surface area contributed by atoms with Crippen molar-refractivity contribution in [2.24, 2.45) is 0 Å². The minimum absolute atomic E-state index is 0.672. The maximum absolute atomic E-state index is 5.87. The molecule has 0 aliphatic carbocycles. The van der Waals surface area contributed by atoms with Gasteiger partial charge in [0.25, 0.3) is 0 Å². The van der Waals surface area contributed by atoms with Gasteiger partial charge in [0, 0.05) is 21.6 Å². The van der Waals surface area contributed by atoms with Crippen LogP contribution in [0.1, 0.15) is 27.7 Å². The van der Waals surface area contributed by atoms with Crippen molar-refractivity contribution in [2.75, 3.05) is 0 Å². The number of hydrogen-bond acceptors (Lipinski definition) is 6. The van der Waals surface area contributed by atoms with E-state index in [2.05, 4.69) is 23.8 Å². The Bertz CT molecular complexity index is 1080. The van der Waals surface area contributed by atoms with Crippen LogP contribution in [0.4, 0.5) is 0 Å².